The minimum absolute atomic E-state index is 0.00802. The average Bonchev–Trinajstić information content (AvgIpc) is 2.94. The Morgan fingerprint density at radius 1 is 1.38 bits per heavy atom. The number of piperidine rings is 1. The van der Waals surface area contributed by atoms with Crippen LogP contribution in [-0.2, 0) is 0 Å². The van der Waals surface area contributed by atoms with Crippen LogP contribution in [0.1, 0.15) is 25.7 Å². The zero-order valence-electron chi connectivity index (χ0n) is 12.2. The third-order valence-electron chi connectivity index (χ3n) is 4.57. The van der Waals surface area contributed by atoms with E-state index in [-0.39, 0.29) is 5.69 Å². The fourth-order valence-electron chi connectivity index (χ4n) is 3.51. The molecule has 114 valence electrons. The first kappa shape index (κ1) is 14.1. The van der Waals surface area contributed by atoms with E-state index in [0.29, 0.717) is 17.8 Å². The highest BCUT2D eigenvalue weighted by Gasteiger charge is 2.31. The number of hydrogen-bond donors (Lipinski definition) is 1. The maximum atomic E-state index is 10.9. The van der Waals surface area contributed by atoms with Crippen molar-refractivity contribution in [2.45, 2.75) is 37.8 Å². The van der Waals surface area contributed by atoms with Gasteiger partial charge in [-0.15, -0.1) is 0 Å². The summed E-state index contributed by atoms with van der Waals surface area (Å²) in [6.45, 7) is 2.38. The standard InChI is InChI=1S/C15H21N3O3/c1-21-15-10-11(4-5-14(15)18(19)20)16-12-6-8-17-7-2-3-13(17)9-12/h4-5,10,12-13,16H,2-3,6-9H2,1H3. The summed E-state index contributed by atoms with van der Waals surface area (Å²) in [6.07, 6.45) is 4.87. The van der Waals surface area contributed by atoms with Gasteiger partial charge in [-0.2, -0.15) is 0 Å². The van der Waals surface area contributed by atoms with Gasteiger partial charge in [-0.05, 0) is 38.3 Å². The van der Waals surface area contributed by atoms with Gasteiger partial charge < -0.3 is 15.0 Å². The molecule has 0 aromatic heterocycles. The van der Waals surface area contributed by atoms with Gasteiger partial charge in [0, 0.05) is 36.4 Å². The van der Waals surface area contributed by atoms with E-state index in [4.69, 9.17) is 4.74 Å². The number of benzene rings is 1. The number of nitro benzene ring substituents is 1. The summed E-state index contributed by atoms with van der Waals surface area (Å²) in [5.41, 5.74) is 0.905. The topological polar surface area (TPSA) is 67.6 Å². The molecule has 0 bridgehead atoms. The molecule has 2 saturated heterocycles. The largest absolute Gasteiger partial charge is 0.490 e. The molecule has 0 amide bonds. The quantitative estimate of drug-likeness (QED) is 0.682. The van der Waals surface area contributed by atoms with Crippen LogP contribution in [0.15, 0.2) is 18.2 Å². The number of methoxy groups -OCH3 is 1. The van der Waals surface area contributed by atoms with Gasteiger partial charge in [-0.3, -0.25) is 10.1 Å². The molecule has 2 aliphatic heterocycles. The van der Waals surface area contributed by atoms with Crippen molar-refractivity contribution in [3.63, 3.8) is 0 Å². The first-order valence-corrected chi connectivity index (χ1v) is 7.50. The summed E-state index contributed by atoms with van der Waals surface area (Å²) < 4.78 is 5.12. The van der Waals surface area contributed by atoms with Crippen LogP contribution in [0, 0.1) is 10.1 Å². The highest BCUT2D eigenvalue weighted by Crippen LogP contribution is 2.32. The SMILES string of the molecule is COc1cc(NC2CCN3CCCC3C2)ccc1[N+](=O)[O-]. The molecule has 2 atom stereocenters. The number of fused-ring (bicyclic) bond motifs is 1. The molecule has 1 N–H and O–H groups in total. The number of rotatable bonds is 4. The lowest BCUT2D eigenvalue weighted by molar-refractivity contribution is -0.385. The van der Waals surface area contributed by atoms with E-state index < -0.39 is 4.92 Å². The summed E-state index contributed by atoms with van der Waals surface area (Å²) in [4.78, 5) is 13.1. The van der Waals surface area contributed by atoms with E-state index in [2.05, 4.69) is 10.2 Å². The predicted molar refractivity (Wildman–Crippen MR) is 80.9 cm³/mol. The molecule has 2 unspecified atom stereocenters. The van der Waals surface area contributed by atoms with Crippen molar-refractivity contribution in [3.05, 3.63) is 28.3 Å². The Morgan fingerprint density at radius 3 is 3.00 bits per heavy atom. The van der Waals surface area contributed by atoms with Crippen molar-refractivity contribution in [1.29, 1.82) is 0 Å². The number of nitro groups is 1. The second-order valence-electron chi connectivity index (χ2n) is 5.84. The van der Waals surface area contributed by atoms with E-state index in [9.17, 15) is 10.1 Å². The van der Waals surface area contributed by atoms with E-state index in [0.717, 1.165) is 25.1 Å². The molecule has 6 heteroatoms. The molecular weight excluding hydrogens is 270 g/mol. The Kier molecular flexibility index (Phi) is 3.96. The van der Waals surface area contributed by atoms with Gasteiger partial charge >= 0.3 is 5.69 Å². The molecule has 0 aliphatic carbocycles. The average molecular weight is 291 g/mol. The lowest BCUT2D eigenvalue weighted by atomic mass is 9.97. The van der Waals surface area contributed by atoms with Crippen LogP contribution >= 0.6 is 0 Å². The van der Waals surface area contributed by atoms with Gasteiger partial charge in [0.2, 0.25) is 0 Å². The van der Waals surface area contributed by atoms with Gasteiger partial charge in [-0.25, -0.2) is 0 Å². The van der Waals surface area contributed by atoms with Gasteiger partial charge in [-0.1, -0.05) is 0 Å². The smallest absolute Gasteiger partial charge is 0.311 e. The summed E-state index contributed by atoms with van der Waals surface area (Å²) in [6, 6.07) is 6.14. The maximum absolute atomic E-state index is 10.9. The van der Waals surface area contributed by atoms with Crippen LogP contribution < -0.4 is 10.1 Å². The second kappa shape index (κ2) is 5.89. The third-order valence-corrected chi connectivity index (χ3v) is 4.57. The molecule has 6 nitrogen and oxygen atoms in total. The normalized spacial score (nSPS) is 25.4. The van der Waals surface area contributed by atoms with Gasteiger partial charge in [0.15, 0.2) is 5.75 Å². The molecular formula is C15H21N3O3. The summed E-state index contributed by atoms with van der Waals surface area (Å²) in [5.74, 6) is 0.309. The molecule has 0 spiro atoms. The van der Waals surface area contributed by atoms with Crippen molar-refractivity contribution >= 4 is 11.4 Å². The van der Waals surface area contributed by atoms with E-state index in [1.807, 2.05) is 0 Å². The molecule has 2 heterocycles. The molecule has 3 rings (SSSR count). The van der Waals surface area contributed by atoms with Crippen LogP contribution in [0.3, 0.4) is 0 Å². The van der Waals surface area contributed by atoms with Gasteiger partial charge in [0.25, 0.3) is 0 Å². The third kappa shape index (κ3) is 2.95. The fraction of sp³-hybridized carbons (Fsp3) is 0.600. The van der Waals surface area contributed by atoms with Crippen molar-refractivity contribution in [2.75, 3.05) is 25.5 Å². The molecule has 2 fully saturated rings. The van der Waals surface area contributed by atoms with Crippen LogP contribution in [0.2, 0.25) is 0 Å². The zero-order valence-corrected chi connectivity index (χ0v) is 12.2. The predicted octanol–water partition coefficient (Wildman–Crippen LogP) is 2.64. The monoisotopic (exact) mass is 291 g/mol. The Morgan fingerprint density at radius 2 is 2.24 bits per heavy atom. The minimum atomic E-state index is -0.417. The van der Waals surface area contributed by atoms with Crippen molar-refractivity contribution in [1.82, 2.24) is 4.90 Å². The molecule has 0 radical (unpaired) electrons. The van der Waals surface area contributed by atoms with E-state index in [1.54, 1.807) is 12.1 Å². The fourth-order valence-corrected chi connectivity index (χ4v) is 3.51. The number of anilines is 1. The second-order valence-corrected chi connectivity index (χ2v) is 5.84. The van der Waals surface area contributed by atoms with E-state index >= 15 is 0 Å². The Hall–Kier alpha value is -1.82. The lowest BCUT2D eigenvalue weighted by Crippen LogP contribution is -2.42. The molecule has 2 aliphatic rings. The minimum Gasteiger partial charge on any atom is -0.490 e. The van der Waals surface area contributed by atoms with Crippen molar-refractivity contribution in [3.8, 4) is 5.75 Å². The lowest BCUT2D eigenvalue weighted by Gasteiger charge is -2.35. The first-order valence-electron chi connectivity index (χ1n) is 7.50. The van der Waals surface area contributed by atoms with Crippen LogP contribution in [0.4, 0.5) is 11.4 Å². The number of hydrogen-bond acceptors (Lipinski definition) is 5. The summed E-state index contributed by atoms with van der Waals surface area (Å²) in [7, 11) is 1.46. The number of ether oxygens (including phenoxy) is 1. The number of nitrogens with zero attached hydrogens (tertiary/aromatic N) is 2. The Labute approximate surface area is 124 Å². The number of nitrogens with one attached hydrogen (secondary N) is 1. The Balaban J connectivity index is 1.69. The van der Waals surface area contributed by atoms with E-state index in [1.165, 1.54) is 32.6 Å². The van der Waals surface area contributed by atoms with Crippen LogP contribution in [0.25, 0.3) is 0 Å². The summed E-state index contributed by atoms with van der Waals surface area (Å²) in [5, 5.41) is 14.4. The highest BCUT2D eigenvalue weighted by molar-refractivity contribution is 5.58. The van der Waals surface area contributed by atoms with Gasteiger partial charge in [0.1, 0.15) is 0 Å². The highest BCUT2D eigenvalue weighted by atomic mass is 16.6. The van der Waals surface area contributed by atoms with Crippen molar-refractivity contribution < 1.29 is 9.66 Å². The first-order chi connectivity index (χ1) is 10.2. The van der Waals surface area contributed by atoms with Gasteiger partial charge in [0.05, 0.1) is 12.0 Å². The molecule has 1 aromatic carbocycles. The van der Waals surface area contributed by atoms with Crippen molar-refractivity contribution in [2.24, 2.45) is 0 Å². The van der Waals surface area contributed by atoms with Crippen LogP contribution in [0.5, 0.6) is 5.75 Å². The van der Waals surface area contributed by atoms with Crippen LogP contribution in [-0.4, -0.2) is 42.1 Å². The summed E-state index contributed by atoms with van der Waals surface area (Å²) >= 11 is 0. The molecule has 21 heavy (non-hydrogen) atoms. The molecule has 1 aromatic rings. The maximum Gasteiger partial charge on any atom is 0.311 e. The molecule has 0 saturated carbocycles. The Bertz CT molecular complexity index is 535. The zero-order chi connectivity index (χ0) is 14.8.